The summed E-state index contributed by atoms with van der Waals surface area (Å²) in [4.78, 5) is 26.9. The molecule has 1 saturated heterocycles. The van der Waals surface area contributed by atoms with E-state index < -0.39 is 22.8 Å². The molecule has 3 aromatic rings. The fourth-order valence-electron chi connectivity index (χ4n) is 4.80. The second-order valence-corrected chi connectivity index (χ2v) is 9.20. The summed E-state index contributed by atoms with van der Waals surface area (Å²) >= 11 is 5.60. The van der Waals surface area contributed by atoms with E-state index in [-0.39, 0.29) is 23.1 Å². The molecule has 12 heteroatoms. The van der Waals surface area contributed by atoms with Crippen LogP contribution in [0.5, 0.6) is 0 Å². The van der Waals surface area contributed by atoms with Crippen LogP contribution in [0.1, 0.15) is 28.8 Å². The van der Waals surface area contributed by atoms with Crippen molar-refractivity contribution < 1.29 is 22.8 Å². The molecule has 1 aliphatic carbocycles. The molecule has 0 atom stereocenters. The van der Waals surface area contributed by atoms with Crippen LogP contribution in [-0.2, 0) is 13.2 Å². The fourth-order valence-corrected chi connectivity index (χ4v) is 5.02. The number of alkyl halides is 3. The Balaban J connectivity index is 1.13. The molecule has 1 aliphatic heterocycles. The smallest absolute Gasteiger partial charge is 0.337 e. The molecule has 8 nitrogen and oxygen atoms in total. The molecule has 33 heavy (non-hydrogen) atoms. The lowest BCUT2D eigenvalue weighted by atomic mass is 9.60. The number of nitrogens with zero attached hydrogens (tertiary/aromatic N) is 4. The van der Waals surface area contributed by atoms with Crippen molar-refractivity contribution in [1.82, 2.24) is 24.4 Å². The Morgan fingerprint density at radius 2 is 1.94 bits per heavy atom. The van der Waals surface area contributed by atoms with Gasteiger partial charge in [-0.3, -0.25) is 4.79 Å². The minimum Gasteiger partial charge on any atom is -0.337 e. The average Bonchev–Trinajstić information content (AvgIpc) is 3.26. The number of benzene rings is 1. The van der Waals surface area contributed by atoms with E-state index in [1.807, 2.05) is 17.8 Å². The Labute approximate surface area is 191 Å². The van der Waals surface area contributed by atoms with Gasteiger partial charge in [-0.2, -0.15) is 18.3 Å². The summed E-state index contributed by atoms with van der Waals surface area (Å²) in [6.45, 7) is 1.19. The zero-order valence-electron chi connectivity index (χ0n) is 17.5. The van der Waals surface area contributed by atoms with Gasteiger partial charge in [0.15, 0.2) is 0 Å². The van der Waals surface area contributed by atoms with Crippen LogP contribution in [0.3, 0.4) is 0 Å². The molecule has 174 valence electrons. The number of nitrogens with one attached hydrogen (secondary N) is 2. The van der Waals surface area contributed by atoms with Gasteiger partial charge in [0.2, 0.25) is 0 Å². The number of imidazole rings is 1. The normalized spacial score (nSPS) is 17.7. The van der Waals surface area contributed by atoms with Gasteiger partial charge < -0.3 is 20.1 Å². The van der Waals surface area contributed by atoms with Crippen molar-refractivity contribution >= 4 is 34.9 Å². The Bertz CT molecular complexity index is 1250. The van der Waals surface area contributed by atoms with Gasteiger partial charge in [-0.05, 0) is 31.0 Å². The van der Waals surface area contributed by atoms with Crippen LogP contribution in [0.2, 0.25) is 5.02 Å². The summed E-state index contributed by atoms with van der Waals surface area (Å²) in [5.74, 6) is -0.0743. The first-order valence-electron chi connectivity index (χ1n) is 10.3. The number of rotatable bonds is 3. The van der Waals surface area contributed by atoms with Crippen LogP contribution in [-0.4, -0.2) is 50.2 Å². The van der Waals surface area contributed by atoms with E-state index in [2.05, 4.69) is 15.7 Å². The van der Waals surface area contributed by atoms with Gasteiger partial charge in [-0.25, -0.2) is 9.31 Å². The molecule has 2 N–H and O–H groups in total. The number of carbonyl (C=O) groups is 2. The van der Waals surface area contributed by atoms with Gasteiger partial charge in [0, 0.05) is 49.7 Å². The van der Waals surface area contributed by atoms with E-state index in [0.717, 1.165) is 17.8 Å². The highest BCUT2D eigenvalue weighted by molar-refractivity contribution is 6.31. The maximum Gasteiger partial charge on any atom is 0.417 e. The number of urea groups is 1. The molecule has 1 aromatic carbocycles. The van der Waals surface area contributed by atoms with Crippen molar-refractivity contribution in [3.8, 4) is 0 Å². The number of likely N-dealkylation sites (tertiary alicyclic amines) is 1. The second kappa shape index (κ2) is 7.41. The number of hydrogen-bond donors (Lipinski definition) is 2. The standard InChI is InChI=1S/C21H20ClF3N6O2/c1-29-4-5-31-17(29)14(9-26-31)18(32)30-10-20(11-30)7-13(8-20)28-19(33)27-12-2-3-16(22)15(6-12)21(23,24)25/h2-6,9,13H,7-8,10-11H2,1H3,(H2,27,28,33). The lowest BCUT2D eigenvalue weighted by Gasteiger charge is -2.58. The number of anilines is 1. The molecule has 0 radical (unpaired) electrons. The lowest BCUT2D eigenvalue weighted by Crippen LogP contribution is -2.67. The highest BCUT2D eigenvalue weighted by atomic mass is 35.5. The van der Waals surface area contributed by atoms with Crippen LogP contribution in [0, 0.1) is 5.41 Å². The zero-order valence-corrected chi connectivity index (χ0v) is 18.2. The third-order valence-electron chi connectivity index (χ3n) is 6.33. The van der Waals surface area contributed by atoms with Gasteiger partial charge in [-0.15, -0.1) is 0 Å². The summed E-state index contributed by atoms with van der Waals surface area (Å²) in [6, 6.07) is 2.54. The van der Waals surface area contributed by atoms with E-state index in [1.165, 1.54) is 6.07 Å². The zero-order chi connectivity index (χ0) is 23.5. The highest BCUT2D eigenvalue weighted by Crippen LogP contribution is 2.48. The minimum absolute atomic E-state index is 0.00634. The summed E-state index contributed by atoms with van der Waals surface area (Å²) in [6.07, 6.45) is 1.97. The van der Waals surface area contributed by atoms with Crippen LogP contribution in [0.15, 0.2) is 36.8 Å². The molecule has 5 rings (SSSR count). The number of amides is 3. The van der Waals surface area contributed by atoms with E-state index in [1.54, 1.807) is 21.8 Å². The molecular formula is C21H20ClF3N6O2. The third-order valence-corrected chi connectivity index (χ3v) is 6.66. The Kier molecular flexibility index (Phi) is 4.85. The Morgan fingerprint density at radius 3 is 2.64 bits per heavy atom. The fraction of sp³-hybridized carbons (Fsp3) is 0.381. The third kappa shape index (κ3) is 3.79. The molecule has 2 aliphatic rings. The molecule has 1 saturated carbocycles. The SMILES string of the molecule is Cn1ccn2ncc(C(=O)N3CC4(CC(NC(=O)Nc5ccc(Cl)c(C(F)(F)F)c5)C4)C3)c12. The molecule has 2 aromatic heterocycles. The number of halogens is 4. The largest absolute Gasteiger partial charge is 0.417 e. The van der Waals surface area contributed by atoms with Crippen molar-refractivity contribution in [2.45, 2.75) is 25.1 Å². The molecule has 0 unspecified atom stereocenters. The van der Waals surface area contributed by atoms with Crippen molar-refractivity contribution in [2.24, 2.45) is 12.5 Å². The minimum atomic E-state index is -4.61. The van der Waals surface area contributed by atoms with Crippen LogP contribution < -0.4 is 10.6 Å². The van der Waals surface area contributed by atoms with Gasteiger partial charge in [0.25, 0.3) is 5.91 Å². The topological polar surface area (TPSA) is 83.7 Å². The molecule has 3 amide bonds. The molecule has 3 heterocycles. The van der Waals surface area contributed by atoms with Crippen molar-refractivity contribution in [3.05, 3.63) is 52.9 Å². The first-order chi connectivity index (χ1) is 15.5. The summed E-state index contributed by atoms with van der Waals surface area (Å²) in [5, 5.41) is 8.97. The Morgan fingerprint density at radius 1 is 1.21 bits per heavy atom. The van der Waals surface area contributed by atoms with Gasteiger partial charge in [-0.1, -0.05) is 11.6 Å². The molecular weight excluding hydrogens is 461 g/mol. The number of aryl methyl sites for hydroxylation is 1. The lowest BCUT2D eigenvalue weighted by molar-refractivity contribution is -0.137. The van der Waals surface area contributed by atoms with Gasteiger partial charge >= 0.3 is 12.2 Å². The first kappa shape index (κ1) is 21.6. The number of fused-ring (bicyclic) bond motifs is 1. The number of carbonyl (C=O) groups excluding carboxylic acids is 2. The van der Waals surface area contributed by atoms with Crippen LogP contribution in [0.4, 0.5) is 23.7 Å². The summed E-state index contributed by atoms with van der Waals surface area (Å²) in [7, 11) is 1.85. The maximum atomic E-state index is 13.0. The highest BCUT2D eigenvalue weighted by Gasteiger charge is 2.54. The van der Waals surface area contributed by atoms with Crippen molar-refractivity contribution in [1.29, 1.82) is 0 Å². The van der Waals surface area contributed by atoms with Gasteiger partial charge in [0.05, 0.1) is 16.8 Å². The summed E-state index contributed by atoms with van der Waals surface area (Å²) in [5.41, 5.74) is 0.257. The predicted molar refractivity (Wildman–Crippen MR) is 114 cm³/mol. The van der Waals surface area contributed by atoms with Crippen molar-refractivity contribution in [3.63, 3.8) is 0 Å². The van der Waals surface area contributed by atoms with E-state index in [4.69, 9.17) is 11.6 Å². The second-order valence-electron chi connectivity index (χ2n) is 8.79. The van der Waals surface area contributed by atoms with E-state index in [9.17, 15) is 22.8 Å². The van der Waals surface area contributed by atoms with Gasteiger partial charge in [0.1, 0.15) is 11.2 Å². The quantitative estimate of drug-likeness (QED) is 0.598. The van der Waals surface area contributed by atoms with Crippen molar-refractivity contribution in [2.75, 3.05) is 18.4 Å². The molecule has 0 bridgehead atoms. The molecule has 2 fully saturated rings. The van der Waals surface area contributed by atoms with Crippen LogP contribution >= 0.6 is 11.6 Å². The number of hydrogen-bond acceptors (Lipinski definition) is 3. The summed E-state index contributed by atoms with van der Waals surface area (Å²) < 4.78 is 42.4. The maximum absolute atomic E-state index is 13.0. The monoisotopic (exact) mass is 480 g/mol. The first-order valence-corrected chi connectivity index (χ1v) is 10.6. The van der Waals surface area contributed by atoms with E-state index >= 15 is 0 Å². The van der Waals surface area contributed by atoms with E-state index in [0.29, 0.717) is 31.5 Å². The number of aromatic nitrogens is 3. The average molecular weight is 481 g/mol. The predicted octanol–water partition coefficient (Wildman–Crippen LogP) is 3.77. The van der Waals surface area contributed by atoms with Crippen LogP contribution in [0.25, 0.3) is 5.65 Å². The Hall–Kier alpha value is -3.21. The molecule has 1 spiro atoms.